The van der Waals surface area contributed by atoms with Gasteiger partial charge in [-0.2, -0.15) is 0 Å². The number of allylic oxidation sites excluding steroid dienone is 4. The molecule has 0 saturated heterocycles. The average Bonchev–Trinajstić information content (AvgIpc) is 3.43. The maximum Gasteiger partial charge on any atom is 0.0665 e. The summed E-state index contributed by atoms with van der Waals surface area (Å²) in [4.78, 5) is 10.4. The van der Waals surface area contributed by atoms with Crippen LogP contribution in [-0.4, -0.2) is 11.9 Å². The van der Waals surface area contributed by atoms with E-state index < -0.39 is 0 Å². The van der Waals surface area contributed by atoms with Crippen molar-refractivity contribution >= 4 is 23.3 Å². The van der Waals surface area contributed by atoms with Crippen LogP contribution in [0.25, 0.3) is 0 Å². The van der Waals surface area contributed by atoms with Crippen LogP contribution in [0.5, 0.6) is 0 Å². The van der Waals surface area contributed by atoms with E-state index in [2.05, 4.69) is 99.8 Å². The minimum absolute atomic E-state index is 0. The monoisotopic (exact) mass is 1140 g/mol. The fourth-order valence-electron chi connectivity index (χ4n) is 11.0. The van der Waals surface area contributed by atoms with Crippen molar-refractivity contribution in [3.05, 3.63) is 84.0 Å². The second kappa shape index (κ2) is 59.1. The van der Waals surface area contributed by atoms with E-state index in [1.165, 1.54) is 306 Å². The minimum atomic E-state index is 0. The third-order valence-corrected chi connectivity index (χ3v) is 16.1. The molecule has 0 heterocycles. The Morgan fingerprint density at radius 3 is 0.908 bits per heavy atom. The zero-order valence-electron chi connectivity index (χ0n) is 51.0. The van der Waals surface area contributed by atoms with Gasteiger partial charge in [-0.25, -0.2) is 0 Å². The average molecular weight is 1140 g/mol. The van der Waals surface area contributed by atoms with Crippen molar-refractivity contribution in [2.75, 3.05) is 0 Å². The molecule has 0 unspecified atom stereocenters. The summed E-state index contributed by atoms with van der Waals surface area (Å²) >= 11 is 0. The second-order valence-electron chi connectivity index (χ2n) is 23.3. The van der Waals surface area contributed by atoms with E-state index in [1.54, 1.807) is 0 Å². The molecule has 438 valence electrons. The second-order valence-corrected chi connectivity index (χ2v) is 23.3. The van der Waals surface area contributed by atoms with Crippen LogP contribution in [0, 0.1) is 0 Å². The summed E-state index contributed by atoms with van der Waals surface area (Å²) in [5.41, 5.74) is 5.98. The van der Waals surface area contributed by atoms with Crippen LogP contribution in [0.2, 0.25) is 0 Å². The molecular formula is C73H126N2Pd. The first-order valence-electron chi connectivity index (χ1n) is 33.9. The summed E-state index contributed by atoms with van der Waals surface area (Å²) in [7, 11) is 0. The predicted octanol–water partition coefficient (Wildman–Crippen LogP) is 25.9. The molecule has 0 saturated carbocycles. The van der Waals surface area contributed by atoms with E-state index in [1.807, 2.05) is 0 Å². The summed E-state index contributed by atoms with van der Waals surface area (Å²) in [6.45, 7) is 6.90. The molecule has 0 aliphatic heterocycles. The van der Waals surface area contributed by atoms with Crippen LogP contribution in [0.1, 0.15) is 353 Å². The molecule has 3 heteroatoms. The van der Waals surface area contributed by atoms with Crippen molar-refractivity contribution in [2.45, 2.75) is 355 Å². The van der Waals surface area contributed by atoms with E-state index in [4.69, 9.17) is 9.98 Å². The Morgan fingerprint density at radius 1 is 0.303 bits per heavy atom. The molecule has 2 nitrogen and oxygen atoms in total. The first kappa shape index (κ1) is 71.9. The van der Waals surface area contributed by atoms with Gasteiger partial charge in [-0.3, -0.25) is 9.98 Å². The quantitative estimate of drug-likeness (QED) is 0.0273. The molecule has 2 rings (SSSR count). The SMILES string of the molecule is CCCCCCCCCCCCCCCCCCCCCCC/C=C/CCc1ccccc1N=CC(CCCCC)=Nc1ccccc1CC/C=C/CCCCCCCCCCCCCCCCCCCCCCC.[Pd]. The number of unbranched alkanes of at least 4 members (excludes halogenated alkanes) is 44. The van der Waals surface area contributed by atoms with Crippen molar-refractivity contribution in [3.8, 4) is 0 Å². The number of hydrogen-bond acceptors (Lipinski definition) is 2. The Morgan fingerprint density at radius 2 is 0.566 bits per heavy atom. The molecule has 0 aromatic heterocycles. The number of hydrogen-bond donors (Lipinski definition) is 0. The Labute approximate surface area is 489 Å². The Balaban J connectivity index is 0.0000289. The molecule has 0 fully saturated rings. The molecule has 0 atom stereocenters. The Bertz CT molecular complexity index is 1600. The van der Waals surface area contributed by atoms with Gasteiger partial charge in [0.05, 0.1) is 17.1 Å². The predicted molar refractivity (Wildman–Crippen MR) is 342 cm³/mol. The molecule has 76 heavy (non-hydrogen) atoms. The maximum atomic E-state index is 5.28. The van der Waals surface area contributed by atoms with Crippen molar-refractivity contribution in [1.29, 1.82) is 0 Å². The van der Waals surface area contributed by atoms with Crippen LogP contribution < -0.4 is 0 Å². The van der Waals surface area contributed by atoms with Gasteiger partial charge in [0, 0.05) is 26.6 Å². The zero-order valence-corrected chi connectivity index (χ0v) is 52.5. The van der Waals surface area contributed by atoms with E-state index >= 15 is 0 Å². The third-order valence-electron chi connectivity index (χ3n) is 16.1. The van der Waals surface area contributed by atoms with Crippen LogP contribution >= 0.6 is 0 Å². The molecule has 2 aromatic rings. The number of benzene rings is 2. The smallest absolute Gasteiger partial charge is 0.0665 e. The van der Waals surface area contributed by atoms with E-state index in [0.717, 1.165) is 55.6 Å². The van der Waals surface area contributed by atoms with Crippen LogP contribution in [0.4, 0.5) is 11.4 Å². The normalized spacial score (nSPS) is 12.1. The van der Waals surface area contributed by atoms with Crippen molar-refractivity contribution in [1.82, 2.24) is 0 Å². The van der Waals surface area contributed by atoms with Gasteiger partial charge in [0.25, 0.3) is 0 Å². The topological polar surface area (TPSA) is 24.7 Å². The molecule has 0 radical (unpaired) electrons. The summed E-state index contributed by atoms with van der Waals surface area (Å²) < 4.78 is 0. The molecule has 2 aromatic carbocycles. The van der Waals surface area contributed by atoms with Gasteiger partial charge >= 0.3 is 0 Å². The van der Waals surface area contributed by atoms with Gasteiger partial charge in [-0.1, -0.05) is 351 Å². The Kier molecular flexibility index (Phi) is 55.9. The molecular weight excluding hydrogens is 1010 g/mol. The molecule has 0 aliphatic rings. The minimum Gasteiger partial charge on any atom is -0.255 e. The van der Waals surface area contributed by atoms with E-state index in [0.29, 0.717) is 0 Å². The van der Waals surface area contributed by atoms with Crippen molar-refractivity contribution in [2.24, 2.45) is 9.98 Å². The number of rotatable bonds is 57. The van der Waals surface area contributed by atoms with Gasteiger partial charge in [-0.05, 0) is 87.5 Å². The molecule has 0 amide bonds. The summed E-state index contributed by atoms with van der Waals surface area (Å²) in [5, 5.41) is 0. The van der Waals surface area contributed by atoms with Gasteiger partial charge < -0.3 is 0 Å². The fourth-order valence-corrected chi connectivity index (χ4v) is 11.0. The number of nitrogens with zero attached hydrogens (tertiary/aromatic N) is 2. The van der Waals surface area contributed by atoms with Crippen molar-refractivity contribution in [3.63, 3.8) is 0 Å². The first-order chi connectivity index (χ1) is 37.3. The first-order valence-corrected chi connectivity index (χ1v) is 33.9. The van der Waals surface area contributed by atoms with E-state index in [-0.39, 0.29) is 20.4 Å². The summed E-state index contributed by atoms with van der Waals surface area (Å²) in [5.74, 6) is 0. The van der Waals surface area contributed by atoms with Gasteiger partial charge in [0.15, 0.2) is 0 Å². The van der Waals surface area contributed by atoms with Crippen molar-refractivity contribution < 1.29 is 20.4 Å². The zero-order chi connectivity index (χ0) is 53.3. The van der Waals surface area contributed by atoms with Crippen LogP contribution in [-0.2, 0) is 33.3 Å². The summed E-state index contributed by atoms with van der Waals surface area (Å²) in [6, 6.07) is 17.5. The number of aryl methyl sites for hydroxylation is 2. The fraction of sp³-hybridized carbons (Fsp3) is 0.753. The number of aliphatic imine (C=N–C) groups is 2. The van der Waals surface area contributed by atoms with E-state index in [9.17, 15) is 0 Å². The third kappa shape index (κ3) is 46.8. The molecule has 0 bridgehead atoms. The number of para-hydroxylation sites is 2. The summed E-state index contributed by atoms with van der Waals surface area (Å²) in [6.07, 6.45) is 83.5. The van der Waals surface area contributed by atoms with Gasteiger partial charge in [0.1, 0.15) is 0 Å². The van der Waals surface area contributed by atoms with Gasteiger partial charge in [-0.15, -0.1) is 0 Å². The van der Waals surface area contributed by atoms with Crippen LogP contribution in [0.3, 0.4) is 0 Å². The standard InChI is InChI=1S/C73H126N2.Pd/c1-4-7-10-12-14-16-18-20-22-24-26-28-30-32-34-36-38-40-42-44-46-48-50-52-55-61-69-63-57-59-66-72(69)74-68-71(65-54-9-6-3)75-73-67-60-58-64-70(73)62-56-53-51-49-47-45-43-41-39-37-35-33-31-29-27-25-23-21-19-17-15-13-11-8-5-2;/h50-53,57-60,63-64,66-68H,4-49,54-56,61-62,65H2,1-3H3;/b52-50+,53-51+,74-68?,75-71?;. The van der Waals surface area contributed by atoms with Gasteiger partial charge in [0.2, 0.25) is 0 Å². The molecule has 0 spiro atoms. The molecule has 0 aliphatic carbocycles. The maximum absolute atomic E-state index is 5.28. The Hall–Kier alpha value is -2.08. The largest absolute Gasteiger partial charge is 0.255 e. The van der Waals surface area contributed by atoms with Crippen LogP contribution in [0.15, 0.2) is 82.8 Å². The molecule has 0 N–H and O–H groups in total.